The third-order valence-electron chi connectivity index (χ3n) is 5.48. The normalized spacial score (nSPS) is 11.8. The highest BCUT2D eigenvalue weighted by atomic mass is 16.6. The topological polar surface area (TPSA) is 99.5 Å². The number of carbonyl (C=O) groups is 2. The number of hydrogen-bond acceptors (Lipinski definition) is 6. The molecule has 1 aromatic heterocycles. The third-order valence-corrected chi connectivity index (χ3v) is 5.48. The van der Waals surface area contributed by atoms with E-state index in [9.17, 15) is 14.4 Å². The number of aromatic nitrogens is 2. The third kappa shape index (κ3) is 7.20. The number of ether oxygens (including phenoxy) is 2. The van der Waals surface area contributed by atoms with Gasteiger partial charge in [0.05, 0.1) is 29.7 Å². The first-order valence-electron chi connectivity index (χ1n) is 12.3. The minimum atomic E-state index is -0.664. The molecule has 8 heteroatoms. The molecule has 0 bridgehead atoms. The summed E-state index contributed by atoms with van der Waals surface area (Å²) in [6.07, 6.45) is 1.25. The summed E-state index contributed by atoms with van der Waals surface area (Å²) in [6.45, 7) is 7.28. The number of fused-ring (bicyclic) bond motifs is 1. The predicted molar refractivity (Wildman–Crippen MR) is 142 cm³/mol. The van der Waals surface area contributed by atoms with Gasteiger partial charge in [0.15, 0.2) is 0 Å². The molecule has 0 saturated carbocycles. The fourth-order valence-electron chi connectivity index (χ4n) is 3.79. The molecule has 0 fully saturated rings. The Labute approximate surface area is 217 Å². The number of methoxy groups -OCH3 is 1. The molecule has 2 aromatic carbocycles. The van der Waals surface area contributed by atoms with Crippen LogP contribution < -0.4 is 10.9 Å². The molecule has 3 aromatic rings. The maximum atomic E-state index is 14.0. The van der Waals surface area contributed by atoms with Crippen LogP contribution in [-0.2, 0) is 14.3 Å². The zero-order chi connectivity index (χ0) is 27.0. The van der Waals surface area contributed by atoms with Crippen LogP contribution in [0.3, 0.4) is 0 Å². The van der Waals surface area contributed by atoms with E-state index in [1.807, 2.05) is 37.3 Å². The second-order valence-corrected chi connectivity index (χ2v) is 9.48. The summed E-state index contributed by atoms with van der Waals surface area (Å²) >= 11 is 0. The second kappa shape index (κ2) is 12.2. The summed E-state index contributed by atoms with van der Waals surface area (Å²) in [4.78, 5) is 42.7. The number of unbranched alkanes of at least 4 members (excludes halogenated alkanes) is 1. The number of para-hydroxylation sites is 1. The summed E-state index contributed by atoms with van der Waals surface area (Å²) < 4.78 is 11.6. The Kier molecular flexibility index (Phi) is 9.07. The van der Waals surface area contributed by atoms with E-state index in [1.54, 1.807) is 39.0 Å². The molecular weight excluding hydrogens is 470 g/mol. The number of rotatable bonds is 7. The lowest BCUT2D eigenvalue weighted by Gasteiger charge is -2.24. The van der Waals surface area contributed by atoms with Crippen molar-refractivity contribution in [2.75, 3.05) is 7.11 Å². The minimum absolute atomic E-state index is 0.278. The standard InChI is InChI=1S/C29H33N3O5/c1-6-22(31-28(35)37-29(2,3)4)26-30-23-18-13-15-20(14-9-7-12-19-24(33)36-5)25(23)27(34)32(26)21-16-10-8-11-17-21/h8,10-11,13,15-18,22H,6-7,12,19H2,1-5H3,(H,31,35)/t22-/m0/s1. The van der Waals surface area contributed by atoms with Gasteiger partial charge in [-0.1, -0.05) is 43.0 Å². The second-order valence-electron chi connectivity index (χ2n) is 9.48. The number of amides is 1. The van der Waals surface area contributed by atoms with Crippen LogP contribution in [0.2, 0.25) is 0 Å². The van der Waals surface area contributed by atoms with Crippen LogP contribution in [0, 0.1) is 11.8 Å². The number of alkyl carbamates (subject to hydrolysis) is 1. The summed E-state index contributed by atoms with van der Waals surface area (Å²) in [6, 6.07) is 14.0. The van der Waals surface area contributed by atoms with Crippen molar-refractivity contribution in [3.63, 3.8) is 0 Å². The Balaban J connectivity index is 2.10. The molecule has 3 rings (SSSR count). The first-order valence-corrected chi connectivity index (χ1v) is 12.3. The lowest BCUT2D eigenvalue weighted by molar-refractivity contribution is -0.140. The van der Waals surface area contributed by atoms with Crippen LogP contribution in [0.5, 0.6) is 0 Å². The van der Waals surface area contributed by atoms with Crippen LogP contribution >= 0.6 is 0 Å². The van der Waals surface area contributed by atoms with Crippen molar-refractivity contribution in [2.45, 2.75) is 65.0 Å². The molecule has 0 aliphatic carbocycles. The van der Waals surface area contributed by atoms with Crippen LogP contribution in [0.15, 0.2) is 53.3 Å². The minimum Gasteiger partial charge on any atom is -0.469 e. The molecule has 0 aliphatic heterocycles. The van der Waals surface area contributed by atoms with Gasteiger partial charge >= 0.3 is 12.1 Å². The van der Waals surface area contributed by atoms with E-state index >= 15 is 0 Å². The highest BCUT2D eigenvalue weighted by Gasteiger charge is 2.25. The summed E-state index contributed by atoms with van der Waals surface area (Å²) in [5, 5.41) is 3.26. The van der Waals surface area contributed by atoms with E-state index in [-0.39, 0.29) is 17.9 Å². The van der Waals surface area contributed by atoms with Gasteiger partial charge in [-0.15, -0.1) is 0 Å². The Morgan fingerprint density at radius 3 is 2.49 bits per heavy atom. The molecule has 1 amide bonds. The number of hydrogen-bond donors (Lipinski definition) is 1. The van der Waals surface area contributed by atoms with E-state index in [1.165, 1.54) is 11.7 Å². The zero-order valence-electron chi connectivity index (χ0n) is 22.0. The molecular formula is C29H33N3O5. The molecule has 0 spiro atoms. The van der Waals surface area contributed by atoms with Crippen LogP contribution in [0.25, 0.3) is 16.6 Å². The van der Waals surface area contributed by atoms with Crippen LogP contribution in [0.1, 0.15) is 70.8 Å². The number of nitrogens with one attached hydrogen (secondary N) is 1. The number of benzene rings is 2. The van der Waals surface area contributed by atoms with Crippen molar-refractivity contribution < 1.29 is 19.1 Å². The van der Waals surface area contributed by atoms with Gasteiger partial charge in [-0.3, -0.25) is 14.2 Å². The van der Waals surface area contributed by atoms with Crippen molar-refractivity contribution in [1.29, 1.82) is 0 Å². The first kappa shape index (κ1) is 27.5. The molecule has 37 heavy (non-hydrogen) atoms. The Hall–Kier alpha value is -4.12. The van der Waals surface area contributed by atoms with E-state index in [2.05, 4.69) is 21.9 Å². The highest BCUT2D eigenvalue weighted by molar-refractivity contribution is 5.84. The lowest BCUT2D eigenvalue weighted by Crippen LogP contribution is -2.37. The Morgan fingerprint density at radius 1 is 1.11 bits per heavy atom. The molecule has 1 N–H and O–H groups in total. The van der Waals surface area contributed by atoms with Crippen LogP contribution in [0.4, 0.5) is 4.79 Å². The van der Waals surface area contributed by atoms with Gasteiger partial charge in [0, 0.05) is 18.4 Å². The molecule has 0 saturated heterocycles. The SMILES string of the molecule is CC[C@H](NC(=O)OC(C)(C)C)c1nc2cccc(C#CCCCC(=O)OC)c2c(=O)n1-c1ccccc1. The Bertz CT molecular complexity index is 1380. The molecule has 1 atom stereocenters. The maximum Gasteiger partial charge on any atom is 0.408 e. The van der Waals surface area contributed by atoms with Gasteiger partial charge in [-0.25, -0.2) is 9.78 Å². The van der Waals surface area contributed by atoms with Gasteiger partial charge in [0.1, 0.15) is 11.4 Å². The van der Waals surface area contributed by atoms with Crippen molar-refractivity contribution in [3.8, 4) is 17.5 Å². The fourth-order valence-corrected chi connectivity index (χ4v) is 3.79. The van der Waals surface area contributed by atoms with Crippen molar-refractivity contribution in [2.24, 2.45) is 0 Å². The number of carbonyl (C=O) groups excluding carboxylic acids is 2. The van der Waals surface area contributed by atoms with Gasteiger partial charge < -0.3 is 14.8 Å². The van der Waals surface area contributed by atoms with E-state index in [0.29, 0.717) is 47.2 Å². The monoisotopic (exact) mass is 503 g/mol. The summed E-state index contributed by atoms with van der Waals surface area (Å²) in [5.74, 6) is 6.25. The van der Waals surface area contributed by atoms with Gasteiger partial charge in [-0.05, 0) is 57.9 Å². The van der Waals surface area contributed by atoms with Crippen molar-refractivity contribution in [1.82, 2.24) is 14.9 Å². The maximum absolute atomic E-state index is 14.0. The van der Waals surface area contributed by atoms with E-state index in [4.69, 9.17) is 9.72 Å². The van der Waals surface area contributed by atoms with E-state index in [0.717, 1.165) is 0 Å². The van der Waals surface area contributed by atoms with Gasteiger partial charge in [-0.2, -0.15) is 0 Å². The molecule has 194 valence electrons. The predicted octanol–water partition coefficient (Wildman–Crippen LogP) is 5.06. The van der Waals surface area contributed by atoms with Crippen LogP contribution in [-0.4, -0.2) is 34.3 Å². The number of nitrogens with zero attached hydrogens (tertiary/aromatic N) is 2. The average Bonchev–Trinajstić information content (AvgIpc) is 2.86. The van der Waals surface area contributed by atoms with Gasteiger partial charge in [0.2, 0.25) is 0 Å². The molecule has 8 nitrogen and oxygen atoms in total. The van der Waals surface area contributed by atoms with E-state index < -0.39 is 17.7 Å². The molecule has 0 radical (unpaired) electrons. The smallest absolute Gasteiger partial charge is 0.408 e. The highest BCUT2D eigenvalue weighted by Crippen LogP contribution is 2.22. The lowest BCUT2D eigenvalue weighted by atomic mass is 10.1. The van der Waals surface area contributed by atoms with Crippen molar-refractivity contribution in [3.05, 3.63) is 70.3 Å². The average molecular weight is 504 g/mol. The quantitative estimate of drug-likeness (QED) is 0.275. The molecule has 1 heterocycles. The first-order chi connectivity index (χ1) is 17.6. The summed E-state index contributed by atoms with van der Waals surface area (Å²) in [5.41, 5.74) is 0.718. The fraction of sp³-hybridized carbons (Fsp3) is 0.379. The molecule has 0 aliphatic rings. The van der Waals surface area contributed by atoms with Gasteiger partial charge in [0.25, 0.3) is 5.56 Å². The zero-order valence-corrected chi connectivity index (χ0v) is 22.0. The summed E-state index contributed by atoms with van der Waals surface area (Å²) in [7, 11) is 1.36. The number of esters is 1. The largest absolute Gasteiger partial charge is 0.469 e. The molecule has 0 unspecified atom stereocenters. The Morgan fingerprint density at radius 2 is 1.84 bits per heavy atom. The van der Waals surface area contributed by atoms with Crippen molar-refractivity contribution >= 4 is 23.0 Å².